The molecule has 0 saturated carbocycles. The highest BCUT2D eigenvalue weighted by atomic mass is 79.9. The normalized spacial score (nSPS) is 11.5. The monoisotopic (exact) mass is 501 g/mol. The summed E-state index contributed by atoms with van der Waals surface area (Å²) in [7, 11) is 4.05. The van der Waals surface area contributed by atoms with Crippen LogP contribution in [0.4, 0.5) is 5.13 Å². The summed E-state index contributed by atoms with van der Waals surface area (Å²) in [5, 5.41) is 1.51. The fraction of sp³-hybridized carbons (Fsp3) is 0.304. The summed E-state index contributed by atoms with van der Waals surface area (Å²) in [6.45, 7) is 3.87. The van der Waals surface area contributed by atoms with Crippen LogP contribution in [0.15, 0.2) is 51.4 Å². The van der Waals surface area contributed by atoms with Gasteiger partial charge < -0.3 is 14.1 Å². The van der Waals surface area contributed by atoms with Crippen molar-refractivity contribution in [2.75, 3.05) is 38.7 Å². The third kappa shape index (κ3) is 4.76. The maximum atomic E-state index is 13.5. The average molecular weight is 502 g/mol. The molecule has 1 amide bonds. The Morgan fingerprint density at radius 3 is 2.81 bits per heavy atom. The maximum Gasteiger partial charge on any atom is 0.295 e. The average Bonchev–Trinajstić information content (AvgIpc) is 3.35. The fourth-order valence-corrected chi connectivity index (χ4v) is 4.92. The third-order valence-electron chi connectivity index (χ3n) is 4.82. The van der Waals surface area contributed by atoms with Crippen LogP contribution >= 0.6 is 27.3 Å². The number of furan rings is 1. The van der Waals surface area contributed by atoms with E-state index >= 15 is 0 Å². The standard InChI is InChI=1S/C23H24BrN3O3S/c1-4-29-18-8-5-7-15-13-19(30-21(15)18)22(28)27(12-6-11-26(2)3)23-25-17-10-9-16(24)14-20(17)31-23/h5,7-10,13-14H,4,6,11-12H2,1-3H3. The van der Waals surface area contributed by atoms with Gasteiger partial charge in [0.05, 0.1) is 16.8 Å². The molecule has 0 unspecified atom stereocenters. The number of nitrogens with zero attached hydrogens (tertiary/aromatic N) is 3. The van der Waals surface area contributed by atoms with Crippen molar-refractivity contribution in [3.63, 3.8) is 0 Å². The molecular formula is C23H24BrN3O3S. The van der Waals surface area contributed by atoms with E-state index in [1.165, 1.54) is 11.3 Å². The van der Waals surface area contributed by atoms with Crippen LogP contribution < -0.4 is 9.64 Å². The van der Waals surface area contributed by atoms with Crippen LogP contribution in [0.1, 0.15) is 23.9 Å². The number of aromatic nitrogens is 1. The number of amides is 1. The van der Waals surface area contributed by atoms with Crippen LogP contribution in [0.5, 0.6) is 5.75 Å². The highest BCUT2D eigenvalue weighted by Gasteiger charge is 2.25. The van der Waals surface area contributed by atoms with Gasteiger partial charge in [0.2, 0.25) is 0 Å². The summed E-state index contributed by atoms with van der Waals surface area (Å²) in [5.41, 5.74) is 1.46. The molecule has 2 aromatic carbocycles. The van der Waals surface area contributed by atoms with Crippen LogP contribution in [0.25, 0.3) is 21.2 Å². The number of hydrogen-bond acceptors (Lipinski definition) is 6. The second kappa shape index (κ2) is 9.38. The first-order chi connectivity index (χ1) is 15.0. The Kier molecular flexibility index (Phi) is 6.60. The second-order valence-corrected chi connectivity index (χ2v) is 9.37. The third-order valence-corrected chi connectivity index (χ3v) is 6.36. The number of rotatable bonds is 8. The van der Waals surface area contributed by atoms with Crippen molar-refractivity contribution < 1.29 is 13.9 Å². The molecule has 0 radical (unpaired) electrons. The van der Waals surface area contributed by atoms with Gasteiger partial charge >= 0.3 is 0 Å². The molecule has 4 aromatic rings. The first-order valence-electron chi connectivity index (χ1n) is 10.1. The highest BCUT2D eigenvalue weighted by molar-refractivity contribution is 9.10. The Morgan fingerprint density at radius 1 is 1.19 bits per heavy atom. The lowest BCUT2D eigenvalue weighted by Crippen LogP contribution is -2.33. The molecule has 0 spiro atoms. The second-order valence-electron chi connectivity index (χ2n) is 7.44. The first-order valence-corrected chi connectivity index (χ1v) is 11.7. The molecule has 6 nitrogen and oxygen atoms in total. The van der Waals surface area contributed by atoms with Crippen molar-refractivity contribution in [3.05, 3.63) is 52.7 Å². The molecule has 0 saturated heterocycles. The van der Waals surface area contributed by atoms with Crippen molar-refractivity contribution >= 4 is 59.5 Å². The molecule has 0 aliphatic carbocycles. The molecule has 0 aliphatic heterocycles. The molecule has 0 bridgehead atoms. The first kappa shape index (κ1) is 21.8. The van der Waals surface area contributed by atoms with Gasteiger partial charge in [0, 0.05) is 16.4 Å². The zero-order chi connectivity index (χ0) is 22.0. The lowest BCUT2D eigenvalue weighted by atomic mass is 10.2. The Hall–Kier alpha value is -2.42. The Labute approximate surface area is 193 Å². The van der Waals surface area contributed by atoms with Crippen molar-refractivity contribution in [1.29, 1.82) is 0 Å². The molecular weight excluding hydrogens is 478 g/mol. The number of ether oxygens (including phenoxy) is 1. The quantitative estimate of drug-likeness (QED) is 0.305. The predicted molar refractivity (Wildman–Crippen MR) is 130 cm³/mol. The van der Waals surface area contributed by atoms with E-state index in [0.29, 0.717) is 29.6 Å². The SMILES string of the molecule is CCOc1cccc2cc(C(=O)N(CCCN(C)C)c3nc4ccc(Br)cc4s3)oc12. The van der Waals surface area contributed by atoms with Crippen LogP contribution in [-0.4, -0.2) is 49.6 Å². The summed E-state index contributed by atoms with van der Waals surface area (Å²) >= 11 is 5.01. The topological polar surface area (TPSA) is 58.8 Å². The van der Waals surface area contributed by atoms with Gasteiger partial charge in [-0.25, -0.2) is 4.98 Å². The molecule has 162 valence electrons. The van der Waals surface area contributed by atoms with Crippen molar-refractivity contribution in [3.8, 4) is 5.75 Å². The maximum absolute atomic E-state index is 13.5. The van der Waals surface area contributed by atoms with Gasteiger partial charge in [-0.15, -0.1) is 0 Å². The van der Waals surface area contributed by atoms with Crippen LogP contribution in [0, 0.1) is 0 Å². The zero-order valence-corrected chi connectivity index (χ0v) is 20.1. The summed E-state index contributed by atoms with van der Waals surface area (Å²) in [5.74, 6) is 0.728. The molecule has 2 aromatic heterocycles. The Bertz CT molecular complexity index is 1220. The number of benzene rings is 2. The number of anilines is 1. The van der Waals surface area contributed by atoms with Crippen molar-refractivity contribution in [2.24, 2.45) is 0 Å². The molecule has 0 fully saturated rings. The molecule has 4 rings (SSSR count). The molecule has 2 heterocycles. The van der Waals surface area contributed by atoms with Crippen LogP contribution in [-0.2, 0) is 0 Å². The summed E-state index contributed by atoms with van der Waals surface area (Å²) < 4.78 is 13.7. The minimum Gasteiger partial charge on any atom is -0.490 e. The number of halogens is 1. The van der Waals surface area contributed by atoms with Gasteiger partial charge in [0.1, 0.15) is 0 Å². The van der Waals surface area contributed by atoms with E-state index in [2.05, 4.69) is 20.8 Å². The predicted octanol–water partition coefficient (Wildman–Crippen LogP) is 5.80. The number of carbonyl (C=O) groups is 1. The van der Waals surface area contributed by atoms with Crippen LogP contribution in [0.2, 0.25) is 0 Å². The summed E-state index contributed by atoms with van der Waals surface area (Å²) in [6, 6.07) is 13.4. The number of para-hydroxylation sites is 1. The van der Waals surface area contributed by atoms with Gasteiger partial charge in [-0.1, -0.05) is 39.4 Å². The smallest absolute Gasteiger partial charge is 0.295 e. The number of fused-ring (bicyclic) bond motifs is 2. The van der Waals surface area contributed by atoms with Gasteiger partial charge in [-0.2, -0.15) is 0 Å². The lowest BCUT2D eigenvalue weighted by molar-refractivity contribution is 0.0961. The van der Waals surface area contributed by atoms with Gasteiger partial charge in [0.25, 0.3) is 5.91 Å². The van der Waals surface area contributed by atoms with Crippen LogP contribution in [0.3, 0.4) is 0 Å². The number of hydrogen-bond donors (Lipinski definition) is 0. The van der Waals surface area contributed by atoms with Gasteiger partial charge in [-0.05, 0) is 64.3 Å². The van der Waals surface area contributed by atoms with E-state index in [9.17, 15) is 4.79 Å². The highest BCUT2D eigenvalue weighted by Crippen LogP contribution is 2.34. The van der Waals surface area contributed by atoms with E-state index in [4.69, 9.17) is 14.1 Å². The molecule has 0 N–H and O–H groups in total. The lowest BCUT2D eigenvalue weighted by Gasteiger charge is -2.19. The van der Waals surface area contributed by atoms with Gasteiger partial charge in [-0.3, -0.25) is 9.69 Å². The molecule has 8 heteroatoms. The molecule has 0 aliphatic rings. The minimum absolute atomic E-state index is 0.199. The van der Waals surface area contributed by atoms with E-state index in [-0.39, 0.29) is 11.7 Å². The fourth-order valence-electron chi connectivity index (χ4n) is 3.37. The van der Waals surface area contributed by atoms with E-state index in [0.717, 1.165) is 33.0 Å². The molecule has 0 atom stereocenters. The van der Waals surface area contributed by atoms with E-state index < -0.39 is 0 Å². The Morgan fingerprint density at radius 2 is 2.03 bits per heavy atom. The van der Waals surface area contributed by atoms with Crippen molar-refractivity contribution in [1.82, 2.24) is 9.88 Å². The number of thiazole rings is 1. The van der Waals surface area contributed by atoms with Crippen molar-refractivity contribution in [2.45, 2.75) is 13.3 Å². The largest absolute Gasteiger partial charge is 0.490 e. The van der Waals surface area contributed by atoms with E-state index in [1.54, 1.807) is 11.0 Å². The molecule has 31 heavy (non-hydrogen) atoms. The summed E-state index contributed by atoms with van der Waals surface area (Å²) in [6.07, 6.45) is 0.822. The van der Waals surface area contributed by atoms with Gasteiger partial charge in [0.15, 0.2) is 22.2 Å². The van der Waals surface area contributed by atoms with E-state index in [1.807, 2.05) is 57.4 Å². The summed E-state index contributed by atoms with van der Waals surface area (Å²) in [4.78, 5) is 22.1. The minimum atomic E-state index is -0.199. The zero-order valence-electron chi connectivity index (χ0n) is 17.7. The Balaban J connectivity index is 1.70. The number of carbonyl (C=O) groups excluding carboxylic acids is 1.